The molecule has 2 aromatic rings. The van der Waals surface area contributed by atoms with Gasteiger partial charge in [0, 0.05) is 10.7 Å². The summed E-state index contributed by atoms with van der Waals surface area (Å²) in [6, 6.07) is 11.2. The molecule has 0 saturated heterocycles. The van der Waals surface area contributed by atoms with Crippen LogP contribution in [0.5, 0.6) is 11.5 Å². The Bertz CT molecular complexity index is 839. The molecular weight excluding hydrogens is 374 g/mol. The summed E-state index contributed by atoms with van der Waals surface area (Å²) in [5.41, 5.74) is 0.774. The van der Waals surface area contributed by atoms with Crippen LogP contribution >= 0.6 is 11.6 Å². The van der Waals surface area contributed by atoms with Gasteiger partial charge in [-0.3, -0.25) is 14.4 Å². The largest absolute Gasteiger partial charge is 0.497 e. The summed E-state index contributed by atoms with van der Waals surface area (Å²) < 4.78 is 10.1. The van der Waals surface area contributed by atoms with E-state index in [-0.39, 0.29) is 0 Å². The van der Waals surface area contributed by atoms with Crippen LogP contribution in [0.15, 0.2) is 42.5 Å². The van der Waals surface area contributed by atoms with Crippen LogP contribution in [0.3, 0.4) is 0 Å². The molecule has 0 aliphatic rings. The third-order valence-electron chi connectivity index (χ3n) is 3.40. The second kappa shape index (κ2) is 9.44. The van der Waals surface area contributed by atoms with Crippen molar-refractivity contribution in [2.24, 2.45) is 0 Å². The molecule has 0 aromatic heterocycles. The minimum Gasteiger partial charge on any atom is -0.497 e. The zero-order valence-corrected chi connectivity index (χ0v) is 15.4. The molecule has 2 rings (SSSR count). The van der Waals surface area contributed by atoms with Gasteiger partial charge in [0.05, 0.1) is 26.5 Å². The molecule has 9 heteroatoms. The van der Waals surface area contributed by atoms with Crippen molar-refractivity contribution in [1.29, 1.82) is 0 Å². The second-order valence-corrected chi connectivity index (χ2v) is 5.69. The first-order valence-corrected chi connectivity index (χ1v) is 8.17. The van der Waals surface area contributed by atoms with Gasteiger partial charge in [0.15, 0.2) is 0 Å². The third kappa shape index (κ3) is 5.89. The smallest absolute Gasteiger partial charge is 0.313 e. The molecule has 0 atom stereocenters. The van der Waals surface area contributed by atoms with Crippen molar-refractivity contribution in [1.82, 2.24) is 5.32 Å². The summed E-state index contributed by atoms with van der Waals surface area (Å²) in [5.74, 6) is -1.35. The molecule has 142 valence electrons. The lowest BCUT2D eigenvalue weighted by atomic mass is 10.3. The molecule has 0 aliphatic carbocycles. The number of ether oxygens (including phenoxy) is 2. The Morgan fingerprint density at radius 1 is 0.926 bits per heavy atom. The molecule has 0 spiro atoms. The van der Waals surface area contributed by atoms with Crippen LogP contribution in [0, 0.1) is 0 Å². The molecular formula is C18H18ClN3O5. The lowest BCUT2D eigenvalue weighted by Gasteiger charge is -2.11. The van der Waals surface area contributed by atoms with E-state index in [9.17, 15) is 14.4 Å². The Kier molecular flexibility index (Phi) is 7.01. The average molecular weight is 392 g/mol. The summed E-state index contributed by atoms with van der Waals surface area (Å²) in [6.07, 6.45) is 0. The van der Waals surface area contributed by atoms with E-state index in [0.29, 0.717) is 27.9 Å². The van der Waals surface area contributed by atoms with Crippen LogP contribution in [-0.4, -0.2) is 38.5 Å². The fraction of sp³-hybridized carbons (Fsp3) is 0.167. The van der Waals surface area contributed by atoms with Gasteiger partial charge in [-0.1, -0.05) is 11.6 Å². The van der Waals surface area contributed by atoms with Gasteiger partial charge in [0.25, 0.3) is 0 Å². The number of amides is 3. The summed E-state index contributed by atoms with van der Waals surface area (Å²) >= 11 is 5.88. The standard InChI is InChI=1S/C18H18ClN3O5/c1-26-13-6-4-12(5-7-13)21-18(25)17(24)20-10-16(23)22-14-9-11(19)3-8-15(14)27-2/h3-9H,10H2,1-2H3,(H,20,24)(H,21,25)(H,22,23). The van der Waals surface area contributed by atoms with Crippen LogP contribution in [0.25, 0.3) is 0 Å². The maximum atomic E-state index is 12.0. The van der Waals surface area contributed by atoms with Gasteiger partial charge in [-0.05, 0) is 42.5 Å². The molecule has 2 aromatic carbocycles. The third-order valence-corrected chi connectivity index (χ3v) is 3.63. The number of rotatable bonds is 6. The Morgan fingerprint density at radius 2 is 1.63 bits per heavy atom. The summed E-state index contributed by atoms with van der Waals surface area (Å²) in [5, 5.41) is 7.61. The quantitative estimate of drug-likeness (QED) is 0.653. The van der Waals surface area contributed by atoms with E-state index in [1.54, 1.807) is 36.4 Å². The first kappa shape index (κ1) is 20.1. The van der Waals surface area contributed by atoms with Crippen molar-refractivity contribution < 1.29 is 23.9 Å². The highest BCUT2D eigenvalue weighted by atomic mass is 35.5. The van der Waals surface area contributed by atoms with Crippen LogP contribution < -0.4 is 25.4 Å². The minimum absolute atomic E-state index is 0.354. The SMILES string of the molecule is COc1ccc(NC(=O)C(=O)NCC(=O)Nc2cc(Cl)ccc2OC)cc1. The Hall–Kier alpha value is -3.26. The first-order valence-electron chi connectivity index (χ1n) is 7.79. The van der Waals surface area contributed by atoms with Crippen molar-refractivity contribution >= 4 is 40.7 Å². The number of carbonyl (C=O) groups excluding carboxylic acids is 3. The molecule has 3 N–H and O–H groups in total. The van der Waals surface area contributed by atoms with Crippen molar-refractivity contribution in [2.45, 2.75) is 0 Å². The monoisotopic (exact) mass is 391 g/mol. The number of hydrogen-bond donors (Lipinski definition) is 3. The average Bonchev–Trinajstić information content (AvgIpc) is 2.66. The predicted molar refractivity (Wildman–Crippen MR) is 101 cm³/mol. The van der Waals surface area contributed by atoms with E-state index in [4.69, 9.17) is 21.1 Å². The molecule has 0 saturated carbocycles. The first-order chi connectivity index (χ1) is 12.9. The van der Waals surface area contributed by atoms with Gasteiger partial charge in [-0.2, -0.15) is 0 Å². The zero-order chi connectivity index (χ0) is 19.8. The molecule has 0 unspecified atom stereocenters. The predicted octanol–water partition coefficient (Wildman–Crippen LogP) is 2.05. The molecule has 0 bridgehead atoms. The Morgan fingerprint density at radius 3 is 2.26 bits per heavy atom. The van der Waals surface area contributed by atoms with E-state index >= 15 is 0 Å². The molecule has 0 radical (unpaired) electrons. The van der Waals surface area contributed by atoms with Gasteiger partial charge in [0.2, 0.25) is 5.91 Å². The van der Waals surface area contributed by atoms with E-state index in [1.165, 1.54) is 20.3 Å². The molecule has 0 heterocycles. The van der Waals surface area contributed by atoms with Gasteiger partial charge in [0.1, 0.15) is 11.5 Å². The van der Waals surface area contributed by atoms with Crippen LogP contribution in [0.2, 0.25) is 5.02 Å². The molecule has 3 amide bonds. The van der Waals surface area contributed by atoms with Gasteiger partial charge < -0.3 is 25.4 Å². The maximum Gasteiger partial charge on any atom is 0.313 e. The lowest BCUT2D eigenvalue weighted by Crippen LogP contribution is -2.39. The fourth-order valence-electron chi connectivity index (χ4n) is 2.08. The Balaban J connectivity index is 1.86. The van der Waals surface area contributed by atoms with E-state index in [1.807, 2.05) is 0 Å². The van der Waals surface area contributed by atoms with Crippen molar-refractivity contribution in [3.8, 4) is 11.5 Å². The van der Waals surface area contributed by atoms with E-state index < -0.39 is 24.3 Å². The van der Waals surface area contributed by atoms with Gasteiger partial charge in [-0.15, -0.1) is 0 Å². The summed E-state index contributed by atoms with van der Waals surface area (Å²) in [6.45, 7) is -0.398. The molecule has 8 nitrogen and oxygen atoms in total. The number of benzene rings is 2. The topological polar surface area (TPSA) is 106 Å². The van der Waals surface area contributed by atoms with Gasteiger partial charge >= 0.3 is 11.8 Å². The number of nitrogens with one attached hydrogen (secondary N) is 3. The summed E-state index contributed by atoms with van der Waals surface area (Å²) in [7, 11) is 2.97. The number of carbonyl (C=O) groups is 3. The highest BCUT2D eigenvalue weighted by molar-refractivity contribution is 6.40. The zero-order valence-electron chi connectivity index (χ0n) is 14.7. The van der Waals surface area contributed by atoms with Crippen molar-refractivity contribution in [3.63, 3.8) is 0 Å². The highest BCUT2D eigenvalue weighted by Crippen LogP contribution is 2.27. The fourth-order valence-corrected chi connectivity index (χ4v) is 2.25. The molecule has 27 heavy (non-hydrogen) atoms. The van der Waals surface area contributed by atoms with E-state index in [2.05, 4.69) is 16.0 Å². The lowest BCUT2D eigenvalue weighted by molar-refractivity contribution is -0.136. The minimum atomic E-state index is -0.945. The molecule has 0 fully saturated rings. The van der Waals surface area contributed by atoms with Crippen molar-refractivity contribution in [2.75, 3.05) is 31.4 Å². The Labute approximate surface area is 160 Å². The normalized spacial score (nSPS) is 9.89. The van der Waals surface area contributed by atoms with Crippen LogP contribution in [-0.2, 0) is 14.4 Å². The number of halogens is 1. The number of methoxy groups -OCH3 is 2. The van der Waals surface area contributed by atoms with Crippen LogP contribution in [0.1, 0.15) is 0 Å². The maximum absolute atomic E-state index is 12.0. The van der Waals surface area contributed by atoms with Crippen LogP contribution in [0.4, 0.5) is 11.4 Å². The van der Waals surface area contributed by atoms with E-state index in [0.717, 1.165) is 0 Å². The summed E-state index contributed by atoms with van der Waals surface area (Å²) in [4.78, 5) is 35.7. The highest BCUT2D eigenvalue weighted by Gasteiger charge is 2.16. The molecule has 0 aliphatic heterocycles. The number of hydrogen-bond acceptors (Lipinski definition) is 5. The number of anilines is 2. The van der Waals surface area contributed by atoms with Gasteiger partial charge in [-0.25, -0.2) is 0 Å². The second-order valence-electron chi connectivity index (χ2n) is 5.26. The van der Waals surface area contributed by atoms with Crippen molar-refractivity contribution in [3.05, 3.63) is 47.5 Å².